The van der Waals surface area contributed by atoms with Crippen molar-refractivity contribution in [1.29, 1.82) is 0 Å². The molecule has 3 heterocycles. The quantitative estimate of drug-likeness (QED) is 0.280. The molecule has 1 fully saturated rings. The van der Waals surface area contributed by atoms with E-state index in [0.717, 1.165) is 19.3 Å². The van der Waals surface area contributed by atoms with Crippen LogP contribution in [0.15, 0.2) is 101 Å². The van der Waals surface area contributed by atoms with Crippen molar-refractivity contribution in [2.45, 2.75) is 158 Å². The predicted octanol–water partition coefficient (Wildman–Crippen LogP) is 13.9. The van der Waals surface area contributed by atoms with E-state index in [-0.39, 0.29) is 27.7 Å². The van der Waals surface area contributed by atoms with Gasteiger partial charge in [-0.2, -0.15) is 0 Å². The van der Waals surface area contributed by atoms with Gasteiger partial charge in [0.05, 0.1) is 18.1 Å². The van der Waals surface area contributed by atoms with Crippen LogP contribution in [0.5, 0.6) is 0 Å². The Kier molecular flexibility index (Phi) is 8.85. The minimum absolute atomic E-state index is 0.0562. The van der Waals surface area contributed by atoms with Crippen LogP contribution in [0.3, 0.4) is 0 Å². The summed E-state index contributed by atoms with van der Waals surface area (Å²) in [6, 6.07) is 15.6. The van der Waals surface area contributed by atoms with Crippen LogP contribution >= 0.6 is 0 Å². The molecule has 3 aromatic rings. The van der Waals surface area contributed by atoms with Crippen molar-refractivity contribution in [3.8, 4) is 0 Å². The first-order chi connectivity index (χ1) is 27.0. The van der Waals surface area contributed by atoms with Crippen LogP contribution in [-0.2, 0) is 23.7 Å². The number of nitrogens with one attached hydrogen (secondary N) is 1. The van der Waals surface area contributed by atoms with Crippen molar-refractivity contribution in [1.82, 2.24) is 9.88 Å². The summed E-state index contributed by atoms with van der Waals surface area (Å²) in [5, 5.41) is 5.57. The van der Waals surface area contributed by atoms with Gasteiger partial charge in [0.25, 0.3) is 0 Å². The van der Waals surface area contributed by atoms with Crippen LogP contribution in [0.4, 0.5) is 5.69 Å². The van der Waals surface area contributed by atoms with Gasteiger partial charge in [-0.25, -0.2) is 0 Å². The number of hydrogen-bond donors (Lipinski definition) is 1. The maximum absolute atomic E-state index is 4.07. The molecule has 1 N–H and O–H groups in total. The molecule has 5 unspecified atom stereocenters. The van der Waals surface area contributed by atoms with Crippen LogP contribution < -0.4 is 10.2 Å². The first kappa shape index (κ1) is 39.5. The van der Waals surface area contributed by atoms with Crippen molar-refractivity contribution in [3.05, 3.63) is 129 Å². The van der Waals surface area contributed by atoms with E-state index in [1.54, 1.807) is 11.3 Å². The van der Waals surface area contributed by atoms with Gasteiger partial charge in [0.1, 0.15) is 0 Å². The van der Waals surface area contributed by atoms with Crippen LogP contribution in [0.1, 0.15) is 150 Å². The summed E-state index contributed by atoms with van der Waals surface area (Å²) >= 11 is 0. The third-order valence-electron chi connectivity index (χ3n) is 15.2. The van der Waals surface area contributed by atoms with E-state index < -0.39 is 0 Å². The highest BCUT2D eigenvalue weighted by Gasteiger charge is 2.47. The molecule has 306 valence electrons. The topological polar surface area (TPSA) is 20.2 Å². The normalized spacial score (nSPS) is 26.6. The van der Waals surface area contributed by atoms with E-state index >= 15 is 0 Å². The summed E-state index contributed by atoms with van der Waals surface area (Å²) in [6.45, 7) is 33.5. The largest absolute Gasteiger partial charge is 0.378 e. The molecule has 0 spiro atoms. The molecule has 9 rings (SSSR count). The van der Waals surface area contributed by atoms with E-state index in [1.165, 1.54) is 74.2 Å². The second kappa shape index (κ2) is 13.0. The Balaban J connectivity index is 1.10. The molecule has 4 aliphatic carbocycles. The zero-order chi connectivity index (χ0) is 41.5. The van der Waals surface area contributed by atoms with Crippen LogP contribution in [-0.4, -0.2) is 16.7 Å². The lowest BCUT2D eigenvalue weighted by Crippen LogP contribution is -2.50. The van der Waals surface area contributed by atoms with Crippen LogP contribution in [0.2, 0.25) is 0 Å². The first-order valence-corrected chi connectivity index (χ1v) is 22.6. The number of nitrogens with zero attached hydrogens (tertiary/aromatic N) is 2. The molecule has 0 saturated carbocycles. The monoisotopic (exact) mass is 774 g/mol. The maximum atomic E-state index is 4.07. The Labute approximate surface area is 351 Å². The van der Waals surface area contributed by atoms with Crippen molar-refractivity contribution in [3.63, 3.8) is 0 Å². The first-order valence-electron chi connectivity index (χ1n) is 22.6. The second-order valence-electron chi connectivity index (χ2n) is 23.6. The van der Waals surface area contributed by atoms with Gasteiger partial charge in [-0.15, -0.1) is 0 Å². The van der Waals surface area contributed by atoms with E-state index in [4.69, 9.17) is 0 Å². The molecule has 0 radical (unpaired) electrons. The second-order valence-corrected chi connectivity index (χ2v) is 23.6. The van der Waals surface area contributed by atoms with Crippen molar-refractivity contribution < 1.29 is 0 Å². The molecule has 6 aliphatic rings. The van der Waals surface area contributed by atoms with Gasteiger partial charge in [0.15, 0.2) is 0 Å². The highest BCUT2D eigenvalue weighted by Crippen LogP contribution is 2.54. The smallest absolute Gasteiger partial charge is 0.0633 e. The molecule has 0 bridgehead atoms. The molecule has 1 aromatic heterocycles. The Morgan fingerprint density at radius 1 is 0.776 bits per heavy atom. The van der Waals surface area contributed by atoms with Gasteiger partial charge in [0, 0.05) is 50.6 Å². The zero-order valence-corrected chi connectivity index (χ0v) is 38.3. The standard InChI is InChI=1S/C55H71N3/c1-51(2,3)33-15-23-47-39(27-33)40-28-34(52(4,5)6)16-24-48(40)57(47)37-19-21-45-43(31-37)55(13,14)44-32-38(20-22-46(44)56-45)58-49-25-17-35(53(7,8)9)29-41(49)42-30-36(54(10,11)12)18-26-50(42)58/h15-17,19,21-23,25,27-29,31-32,36,38,43,45,48,56H,18,20,24,26,30H2,1-14H3. The average molecular weight is 774 g/mol. The fourth-order valence-corrected chi connectivity index (χ4v) is 11.4. The van der Waals surface area contributed by atoms with Crippen molar-refractivity contribution in [2.75, 3.05) is 4.90 Å². The zero-order valence-electron chi connectivity index (χ0n) is 38.3. The molecular weight excluding hydrogens is 703 g/mol. The average Bonchev–Trinajstić information content (AvgIpc) is 3.65. The lowest BCUT2D eigenvalue weighted by atomic mass is 9.63. The number of rotatable bonds is 2. The van der Waals surface area contributed by atoms with E-state index in [9.17, 15) is 0 Å². The van der Waals surface area contributed by atoms with Gasteiger partial charge in [-0.1, -0.05) is 146 Å². The van der Waals surface area contributed by atoms with Gasteiger partial charge in [0.2, 0.25) is 0 Å². The van der Waals surface area contributed by atoms with Gasteiger partial charge in [-0.3, -0.25) is 0 Å². The Bertz CT molecular complexity index is 2380. The third-order valence-corrected chi connectivity index (χ3v) is 15.2. The summed E-state index contributed by atoms with van der Waals surface area (Å²) in [5.41, 5.74) is 17.9. The molecule has 2 aromatic carbocycles. The molecule has 2 aliphatic heterocycles. The fraction of sp³-hybridized carbons (Fsp3) is 0.527. The predicted molar refractivity (Wildman–Crippen MR) is 248 cm³/mol. The lowest BCUT2D eigenvalue weighted by molar-refractivity contribution is 0.214. The number of anilines is 1. The van der Waals surface area contributed by atoms with Crippen molar-refractivity contribution in [2.24, 2.45) is 28.1 Å². The van der Waals surface area contributed by atoms with Gasteiger partial charge < -0.3 is 14.8 Å². The SMILES string of the molecule is CC(C)(C)C1=CCC2C(=C1)c1cc(C(C)(C)C)ccc1N2C1=CC2C(C=C1)NC1=CCC(n3c4c(c5cc(C(C)(C)C)ccc53)CC(C(C)(C)C)CC4)C=C1C2(C)C. The molecule has 0 amide bonds. The summed E-state index contributed by atoms with van der Waals surface area (Å²) < 4.78 is 2.78. The summed E-state index contributed by atoms with van der Waals surface area (Å²) in [6.07, 6.45) is 23.5. The Hall–Kier alpha value is -3.98. The fourth-order valence-electron chi connectivity index (χ4n) is 11.4. The molecule has 1 saturated heterocycles. The van der Waals surface area contributed by atoms with E-state index in [0.29, 0.717) is 29.3 Å². The van der Waals surface area contributed by atoms with Crippen LogP contribution in [0, 0.1) is 28.1 Å². The molecule has 3 heteroatoms. The summed E-state index contributed by atoms with van der Waals surface area (Å²) in [5.74, 6) is 1.02. The Morgan fingerprint density at radius 2 is 1.48 bits per heavy atom. The molecule has 3 nitrogen and oxygen atoms in total. The minimum atomic E-state index is -0.0562. The van der Waals surface area contributed by atoms with E-state index in [1.807, 2.05) is 0 Å². The van der Waals surface area contributed by atoms with E-state index in [2.05, 4.69) is 191 Å². The molecular formula is C55H71N3. The Morgan fingerprint density at radius 3 is 2.17 bits per heavy atom. The van der Waals surface area contributed by atoms with Crippen molar-refractivity contribution >= 4 is 22.2 Å². The van der Waals surface area contributed by atoms with Gasteiger partial charge in [-0.05, 0) is 123 Å². The number of hydrogen-bond acceptors (Lipinski definition) is 2. The number of fused-ring (bicyclic) bond motifs is 8. The number of piperidine rings is 1. The van der Waals surface area contributed by atoms with Crippen LogP contribution in [0.25, 0.3) is 16.5 Å². The lowest BCUT2D eigenvalue weighted by Gasteiger charge is -2.49. The maximum Gasteiger partial charge on any atom is 0.0633 e. The highest BCUT2D eigenvalue weighted by molar-refractivity contribution is 5.92. The molecule has 5 atom stereocenters. The number of benzene rings is 2. The summed E-state index contributed by atoms with van der Waals surface area (Å²) in [4.78, 5) is 2.69. The highest BCUT2D eigenvalue weighted by atomic mass is 15.2. The number of aromatic nitrogens is 1. The van der Waals surface area contributed by atoms with Gasteiger partial charge >= 0.3 is 0 Å². The minimum Gasteiger partial charge on any atom is -0.378 e. The third kappa shape index (κ3) is 6.35. The summed E-state index contributed by atoms with van der Waals surface area (Å²) in [7, 11) is 0. The number of allylic oxidation sites excluding steroid dienone is 6. The molecule has 58 heavy (non-hydrogen) atoms.